The summed E-state index contributed by atoms with van der Waals surface area (Å²) in [6.45, 7) is 4.75. The number of hydrogen-bond donors (Lipinski definition) is 1. The number of aliphatic hydroxyl groups excluding tert-OH is 1. The molecule has 0 saturated carbocycles. The Kier molecular flexibility index (Phi) is 8.24. The van der Waals surface area contributed by atoms with Crippen molar-refractivity contribution in [1.29, 1.82) is 0 Å². The van der Waals surface area contributed by atoms with Gasteiger partial charge in [0, 0.05) is 45.1 Å². The Bertz CT molecular complexity index is 1230. The Morgan fingerprint density at radius 3 is 2.38 bits per heavy atom. The van der Waals surface area contributed by atoms with Crippen molar-refractivity contribution in [3.63, 3.8) is 0 Å². The number of ether oxygens (including phenoxy) is 7. The van der Waals surface area contributed by atoms with E-state index in [0.717, 1.165) is 42.3 Å². The third kappa shape index (κ3) is 6.12. The zero-order valence-corrected chi connectivity index (χ0v) is 22.3. The van der Waals surface area contributed by atoms with E-state index in [1.807, 2.05) is 41.3 Å². The lowest BCUT2D eigenvalue weighted by molar-refractivity contribution is -0.157. The van der Waals surface area contributed by atoms with Crippen molar-refractivity contribution < 1.29 is 43.1 Å². The molecule has 4 aliphatic rings. The number of carbonyl (C=O) groups excluding carboxylic acids is 1. The Labute approximate surface area is 232 Å². The first-order valence-electron chi connectivity index (χ1n) is 13.6. The molecule has 1 N–H and O–H groups in total. The number of piperazine rings is 1. The zero-order valence-electron chi connectivity index (χ0n) is 22.3. The molecule has 40 heavy (non-hydrogen) atoms. The van der Waals surface area contributed by atoms with E-state index in [9.17, 15) is 4.79 Å². The van der Waals surface area contributed by atoms with E-state index in [1.165, 1.54) is 0 Å². The Morgan fingerprint density at radius 1 is 0.875 bits per heavy atom. The Hall–Kier alpha value is -3.51. The topological polar surface area (TPSA) is 108 Å². The van der Waals surface area contributed by atoms with Gasteiger partial charge in [0.2, 0.25) is 19.9 Å². The van der Waals surface area contributed by atoms with Crippen LogP contribution in [0.3, 0.4) is 0 Å². The van der Waals surface area contributed by atoms with Crippen molar-refractivity contribution in [2.75, 3.05) is 66.2 Å². The summed E-state index contributed by atoms with van der Waals surface area (Å²) in [4.78, 5) is 17.8. The Morgan fingerprint density at radius 2 is 1.60 bits per heavy atom. The molecule has 4 aliphatic heterocycles. The number of amides is 1. The van der Waals surface area contributed by atoms with Crippen LogP contribution < -0.4 is 18.9 Å². The largest absolute Gasteiger partial charge is 0.459 e. The predicted molar refractivity (Wildman–Crippen MR) is 141 cm³/mol. The second kappa shape index (κ2) is 12.3. The van der Waals surface area contributed by atoms with E-state index in [2.05, 4.69) is 11.0 Å². The first kappa shape index (κ1) is 26.7. The van der Waals surface area contributed by atoms with Gasteiger partial charge in [-0.05, 0) is 41.5 Å². The highest BCUT2D eigenvalue weighted by atomic mass is 16.7. The van der Waals surface area contributed by atoms with Crippen LogP contribution in [0.2, 0.25) is 0 Å². The van der Waals surface area contributed by atoms with Crippen molar-refractivity contribution in [2.45, 2.75) is 25.2 Å². The van der Waals surface area contributed by atoms with Gasteiger partial charge in [-0.1, -0.05) is 12.1 Å². The minimum absolute atomic E-state index is 0.0442. The highest BCUT2D eigenvalue weighted by Gasteiger charge is 2.33. The monoisotopic (exact) mass is 554 g/mol. The minimum atomic E-state index is -0.607. The summed E-state index contributed by atoms with van der Waals surface area (Å²) < 4.78 is 39.2. The SMILES string of the molecule is O=C(C1=CC(c2ccc3c(c2)OCO3)CC(OCCOCCO)O1)N1CCN(Cc2ccc3c(c2)OCO3)CC1. The van der Waals surface area contributed by atoms with Crippen molar-refractivity contribution in [3.8, 4) is 23.0 Å². The van der Waals surface area contributed by atoms with Crippen LogP contribution in [0.5, 0.6) is 23.0 Å². The van der Waals surface area contributed by atoms with Gasteiger partial charge in [-0.2, -0.15) is 0 Å². The van der Waals surface area contributed by atoms with E-state index in [1.54, 1.807) is 0 Å². The number of fused-ring (bicyclic) bond motifs is 2. The third-order valence-corrected chi connectivity index (χ3v) is 7.36. The average Bonchev–Trinajstić information content (AvgIpc) is 3.66. The van der Waals surface area contributed by atoms with Gasteiger partial charge >= 0.3 is 0 Å². The summed E-state index contributed by atoms with van der Waals surface area (Å²) in [6.07, 6.45) is 1.82. The van der Waals surface area contributed by atoms with E-state index in [4.69, 9.17) is 38.3 Å². The van der Waals surface area contributed by atoms with Gasteiger partial charge in [0.1, 0.15) is 0 Å². The number of rotatable bonds is 10. The molecule has 11 nitrogen and oxygen atoms in total. The van der Waals surface area contributed by atoms with Crippen molar-refractivity contribution in [2.24, 2.45) is 0 Å². The smallest absolute Gasteiger partial charge is 0.288 e. The van der Waals surface area contributed by atoms with E-state index in [0.29, 0.717) is 50.0 Å². The van der Waals surface area contributed by atoms with Gasteiger partial charge < -0.3 is 43.2 Å². The number of nitrogens with zero attached hydrogens (tertiary/aromatic N) is 2. The summed E-state index contributed by atoms with van der Waals surface area (Å²) in [7, 11) is 0. The average molecular weight is 555 g/mol. The molecule has 0 spiro atoms. The molecule has 6 rings (SSSR count). The van der Waals surface area contributed by atoms with Crippen LogP contribution in [0.15, 0.2) is 48.2 Å². The van der Waals surface area contributed by atoms with Crippen LogP contribution in [0.1, 0.15) is 23.5 Å². The molecule has 2 aromatic rings. The molecule has 2 aromatic carbocycles. The molecular formula is C29H34N2O9. The molecule has 2 unspecified atom stereocenters. The zero-order chi connectivity index (χ0) is 27.3. The van der Waals surface area contributed by atoms with Crippen LogP contribution in [-0.4, -0.2) is 93.3 Å². The van der Waals surface area contributed by atoms with Crippen LogP contribution in [0.25, 0.3) is 0 Å². The van der Waals surface area contributed by atoms with E-state index < -0.39 is 6.29 Å². The lowest BCUT2D eigenvalue weighted by atomic mass is 9.92. The molecule has 0 radical (unpaired) electrons. The molecule has 4 heterocycles. The minimum Gasteiger partial charge on any atom is -0.459 e. The van der Waals surface area contributed by atoms with E-state index in [-0.39, 0.29) is 38.6 Å². The van der Waals surface area contributed by atoms with Crippen LogP contribution in [0.4, 0.5) is 0 Å². The first-order chi connectivity index (χ1) is 19.7. The summed E-state index contributed by atoms with van der Waals surface area (Å²) in [5, 5.41) is 8.91. The van der Waals surface area contributed by atoms with Crippen molar-refractivity contribution >= 4 is 5.91 Å². The van der Waals surface area contributed by atoms with Crippen molar-refractivity contribution in [1.82, 2.24) is 9.80 Å². The third-order valence-electron chi connectivity index (χ3n) is 7.36. The summed E-state index contributed by atoms with van der Waals surface area (Å²) in [6, 6.07) is 11.8. The summed E-state index contributed by atoms with van der Waals surface area (Å²) in [5.41, 5.74) is 2.15. The van der Waals surface area contributed by atoms with Gasteiger partial charge in [0.25, 0.3) is 5.91 Å². The number of allylic oxidation sites excluding steroid dienone is 1. The summed E-state index contributed by atoms with van der Waals surface area (Å²) in [5.74, 6) is 3.01. The fraction of sp³-hybridized carbons (Fsp3) is 0.483. The van der Waals surface area contributed by atoms with Gasteiger partial charge in [-0.15, -0.1) is 0 Å². The maximum absolute atomic E-state index is 13.6. The molecule has 2 atom stereocenters. The van der Waals surface area contributed by atoms with Gasteiger partial charge in [0.05, 0.1) is 26.4 Å². The summed E-state index contributed by atoms with van der Waals surface area (Å²) >= 11 is 0. The maximum atomic E-state index is 13.6. The van der Waals surface area contributed by atoms with Gasteiger partial charge in [-0.25, -0.2) is 0 Å². The number of aliphatic hydroxyl groups is 1. The number of hydrogen-bond acceptors (Lipinski definition) is 10. The standard InChI is InChI=1S/C29H34N2O9/c32-9-10-34-11-12-35-28-16-22(21-2-4-24-26(14-21)39-19-37-24)15-27(40-28)29(33)31-7-5-30(6-8-31)17-20-1-3-23-25(13-20)38-18-36-23/h1-4,13-15,22,28,32H,5-12,16-19H2. The molecule has 0 aromatic heterocycles. The molecule has 0 aliphatic carbocycles. The molecular weight excluding hydrogens is 520 g/mol. The lowest BCUT2D eigenvalue weighted by Gasteiger charge is -2.36. The fourth-order valence-corrected chi connectivity index (χ4v) is 5.25. The second-order valence-corrected chi connectivity index (χ2v) is 10.00. The van der Waals surface area contributed by atoms with Crippen LogP contribution >= 0.6 is 0 Å². The Balaban J connectivity index is 1.09. The molecule has 1 saturated heterocycles. The fourth-order valence-electron chi connectivity index (χ4n) is 5.25. The predicted octanol–water partition coefficient (Wildman–Crippen LogP) is 2.23. The molecule has 1 amide bonds. The quantitative estimate of drug-likeness (QED) is 0.439. The van der Waals surface area contributed by atoms with Gasteiger partial charge in [0.15, 0.2) is 28.8 Å². The highest BCUT2D eigenvalue weighted by molar-refractivity contribution is 5.92. The normalized spacial score (nSPS) is 21.7. The van der Waals surface area contributed by atoms with Gasteiger partial charge in [-0.3, -0.25) is 9.69 Å². The highest BCUT2D eigenvalue weighted by Crippen LogP contribution is 2.39. The molecule has 11 heteroatoms. The van der Waals surface area contributed by atoms with Crippen molar-refractivity contribution in [3.05, 3.63) is 59.4 Å². The first-order valence-corrected chi connectivity index (χ1v) is 13.6. The van der Waals surface area contributed by atoms with Crippen LogP contribution in [-0.2, 0) is 25.5 Å². The maximum Gasteiger partial charge on any atom is 0.288 e. The van der Waals surface area contributed by atoms with Crippen LogP contribution in [0, 0.1) is 0 Å². The number of carbonyl (C=O) groups is 1. The molecule has 0 bridgehead atoms. The molecule has 1 fully saturated rings. The lowest BCUT2D eigenvalue weighted by Crippen LogP contribution is -2.49. The molecule has 214 valence electrons. The number of benzene rings is 2. The second-order valence-electron chi connectivity index (χ2n) is 10.00. The van der Waals surface area contributed by atoms with E-state index >= 15 is 0 Å².